The van der Waals surface area contributed by atoms with Crippen LogP contribution in [0.5, 0.6) is 0 Å². The van der Waals surface area contributed by atoms with E-state index in [0.717, 1.165) is 23.3 Å². The van der Waals surface area contributed by atoms with Gasteiger partial charge >= 0.3 is 0 Å². The Labute approximate surface area is 151 Å². The third-order valence-electron chi connectivity index (χ3n) is 3.71. The second-order valence-corrected chi connectivity index (χ2v) is 5.67. The number of ketones is 2. The molecule has 5 heteroatoms. The predicted molar refractivity (Wildman–Crippen MR) is 99.0 cm³/mol. The van der Waals surface area contributed by atoms with E-state index >= 15 is 0 Å². The zero-order valence-corrected chi connectivity index (χ0v) is 14.0. The molecule has 0 saturated heterocycles. The van der Waals surface area contributed by atoms with Crippen LogP contribution in [-0.2, 0) is 9.59 Å². The van der Waals surface area contributed by atoms with E-state index in [1.807, 2.05) is 12.1 Å². The van der Waals surface area contributed by atoms with Gasteiger partial charge in [0.25, 0.3) is 0 Å². The van der Waals surface area contributed by atoms with Gasteiger partial charge in [-0.1, -0.05) is 72.8 Å². The summed E-state index contributed by atoms with van der Waals surface area (Å²) in [5, 5.41) is 29.7. The van der Waals surface area contributed by atoms with Crippen molar-refractivity contribution in [3.05, 3.63) is 83.9 Å². The van der Waals surface area contributed by atoms with E-state index < -0.39 is 29.9 Å². The average molecular weight is 352 g/mol. The highest BCUT2D eigenvalue weighted by atomic mass is 16.4. The number of carbonyl (C=O) groups excluding carboxylic acids is 2. The van der Waals surface area contributed by atoms with Gasteiger partial charge in [0.2, 0.25) is 0 Å². The molecule has 0 bridgehead atoms. The highest BCUT2D eigenvalue weighted by Gasteiger charge is 2.32. The number of benzene rings is 2. The Hall–Kier alpha value is -2.86. The van der Waals surface area contributed by atoms with Gasteiger partial charge in [0.05, 0.1) is 0 Å². The van der Waals surface area contributed by atoms with Gasteiger partial charge < -0.3 is 15.3 Å². The van der Waals surface area contributed by atoms with E-state index in [1.165, 1.54) is 12.2 Å². The summed E-state index contributed by atoms with van der Waals surface area (Å²) in [4.78, 5) is 23.9. The van der Waals surface area contributed by atoms with Crippen molar-refractivity contribution in [3.63, 3.8) is 0 Å². The number of aliphatic hydroxyl groups is 3. The zero-order chi connectivity index (χ0) is 18.9. The molecule has 0 amide bonds. The molecule has 0 saturated carbocycles. The second kappa shape index (κ2) is 9.58. The van der Waals surface area contributed by atoms with Crippen LogP contribution in [0.1, 0.15) is 11.1 Å². The van der Waals surface area contributed by atoms with Gasteiger partial charge in [-0.25, -0.2) is 0 Å². The fourth-order valence-corrected chi connectivity index (χ4v) is 2.19. The van der Waals surface area contributed by atoms with E-state index in [0.29, 0.717) is 0 Å². The largest absolute Gasteiger partial charge is 0.387 e. The summed E-state index contributed by atoms with van der Waals surface area (Å²) in [5.74, 6) is -1.61. The van der Waals surface area contributed by atoms with Gasteiger partial charge in [-0.2, -0.15) is 0 Å². The van der Waals surface area contributed by atoms with Crippen molar-refractivity contribution >= 4 is 23.7 Å². The van der Waals surface area contributed by atoms with Crippen LogP contribution in [0.4, 0.5) is 0 Å². The van der Waals surface area contributed by atoms with Crippen LogP contribution in [0.25, 0.3) is 12.2 Å². The Morgan fingerprint density at radius 2 is 1.00 bits per heavy atom. The summed E-state index contributed by atoms with van der Waals surface area (Å²) in [6.45, 7) is 0. The van der Waals surface area contributed by atoms with Crippen LogP contribution in [-0.4, -0.2) is 45.2 Å². The smallest absolute Gasteiger partial charge is 0.186 e. The molecular weight excluding hydrogens is 332 g/mol. The molecule has 2 rings (SSSR count). The molecule has 0 aliphatic carbocycles. The lowest BCUT2D eigenvalue weighted by atomic mass is 10.00. The summed E-state index contributed by atoms with van der Waals surface area (Å²) < 4.78 is 0. The van der Waals surface area contributed by atoms with Crippen LogP contribution >= 0.6 is 0 Å². The van der Waals surface area contributed by atoms with E-state index in [1.54, 1.807) is 48.5 Å². The number of hydrogen-bond donors (Lipinski definition) is 3. The summed E-state index contributed by atoms with van der Waals surface area (Å²) >= 11 is 0. The highest BCUT2D eigenvalue weighted by Crippen LogP contribution is 2.08. The molecule has 0 heterocycles. The molecule has 2 aromatic rings. The molecule has 0 aromatic heterocycles. The Bertz CT molecular complexity index is 713. The first kappa shape index (κ1) is 19.5. The second-order valence-electron chi connectivity index (χ2n) is 5.67. The van der Waals surface area contributed by atoms with Crippen LogP contribution in [0.2, 0.25) is 0 Å². The first-order valence-corrected chi connectivity index (χ1v) is 8.07. The minimum Gasteiger partial charge on any atom is -0.387 e. The number of hydrogen-bond acceptors (Lipinski definition) is 5. The minimum atomic E-state index is -1.92. The van der Waals surface area contributed by atoms with E-state index in [2.05, 4.69) is 0 Å². The van der Waals surface area contributed by atoms with Crippen molar-refractivity contribution < 1.29 is 24.9 Å². The van der Waals surface area contributed by atoms with Gasteiger partial charge in [-0.15, -0.1) is 0 Å². The Balaban J connectivity index is 1.96. The Morgan fingerprint density at radius 1 is 0.654 bits per heavy atom. The molecule has 0 aliphatic rings. The number of rotatable bonds is 8. The van der Waals surface area contributed by atoms with Crippen molar-refractivity contribution in [2.75, 3.05) is 0 Å². The molecule has 0 fully saturated rings. The van der Waals surface area contributed by atoms with E-state index in [4.69, 9.17) is 0 Å². The number of carbonyl (C=O) groups is 2. The molecular formula is C21H20O5. The summed E-state index contributed by atoms with van der Waals surface area (Å²) in [6, 6.07) is 17.9. The molecule has 134 valence electrons. The van der Waals surface area contributed by atoms with E-state index in [9.17, 15) is 24.9 Å². The van der Waals surface area contributed by atoms with Gasteiger partial charge in [-0.3, -0.25) is 9.59 Å². The normalized spacial score (nSPS) is 15.0. The molecule has 3 N–H and O–H groups in total. The Morgan fingerprint density at radius 3 is 1.35 bits per heavy atom. The molecule has 5 nitrogen and oxygen atoms in total. The topological polar surface area (TPSA) is 94.8 Å². The van der Waals surface area contributed by atoms with Crippen molar-refractivity contribution in [3.8, 4) is 0 Å². The maximum absolute atomic E-state index is 11.9. The quantitative estimate of drug-likeness (QED) is 0.628. The maximum atomic E-state index is 11.9. The van der Waals surface area contributed by atoms with Crippen LogP contribution in [0.15, 0.2) is 72.8 Å². The summed E-state index contributed by atoms with van der Waals surface area (Å²) in [6.07, 6.45) is -0.585. The average Bonchev–Trinajstić information content (AvgIpc) is 2.70. The fourth-order valence-electron chi connectivity index (χ4n) is 2.19. The van der Waals surface area contributed by atoms with Gasteiger partial charge in [0, 0.05) is 0 Å². The van der Waals surface area contributed by atoms with Crippen LogP contribution in [0.3, 0.4) is 0 Å². The molecule has 2 aromatic carbocycles. The molecule has 2 atom stereocenters. The third kappa shape index (κ3) is 5.60. The predicted octanol–water partition coefficient (Wildman–Crippen LogP) is 1.63. The summed E-state index contributed by atoms with van der Waals surface area (Å²) in [5.41, 5.74) is 1.48. The lowest BCUT2D eigenvalue weighted by Gasteiger charge is -2.19. The zero-order valence-electron chi connectivity index (χ0n) is 14.0. The first-order chi connectivity index (χ1) is 12.5. The first-order valence-electron chi connectivity index (χ1n) is 8.07. The molecule has 0 aliphatic heterocycles. The Kier molecular flexibility index (Phi) is 7.17. The lowest BCUT2D eigenvalue weighted by molar-refractivity contribution is -0.141. The van der Waals surface area contributed by atoms with Gasteiger partial charge in [-0.05, 0) is 23.3 Å². The van der Waals surface area contributed by atoms with Crippen molar-refractivity contribution in [2.45, 2.75) is 18.3 Å². The monoisotopic (exact) mass is 352 g/mol. The maximum Gasteiger partial charge on any atom is 0.186 e. The lowest BCUT2D eigenvalue weighted by Crippen LogP contribution is -2.45. The van der Waals surface area contributed by atoms with Gasteiger partial charge in [0.15, 0.2) is 11.6 Å². The third-order valence-corrected chi connectivity index (χ3v) is 3.71. The van der Waals surface area contributed by atoms with Gasteiger partial charge in [0.1, 0.15) is 18.3 Å². The van der Waals surface area contributed by atoms with Crippen LogP contribution < -0.4 is 0 Å². The molecule has 0 spiro atoms. The SMILES string of the molecule is O=C(C=Cc1ccccc1)C(O)C(O)C(O)C(=O)C=Cc1ccccc1. The standard InChI is InChI=1S/C21H20O5/c22-17(13-11-15-7-3-1-4-8-15)19(24)21(26)20(25)18(23)14-12-16-9-5-2-6-10-16/h1-14,19-21,24-26H. The minimum absolute atomic E-state index is 0.741. The highest BCUT2D eigenvalue weighted by molar-refractivity contribution is 6.00. The van der Waals surface area contributed by atoms with E-state index in [-0.39, 0.29) is 0 Å². The van der Waals surface area contributed by atoms with Crippen LogP contribution in [0, 0.1) is 0 Å². The van der Waals surface area contributed by atoms with Crippen molar-refractivity contribution in [1.82, 2.24) is 0 Å². The van der Waals surface area contributed by atoms with Crippen molar-refractivity contribution in [1.29, 1.82) is 0 Å². The molecule has 2 unspecified atom stereocenters. The van der Waals surface area contributed by atoms with Crippen molar-refractivity contribution in [2.24, 2.45) is 0 Å². The fraction of sp³-hybridized carbons (Fsp3) is 0.143. The molecule has 26 heavy (non-hydrogen) atoms. The number of aliphatic hydroxyl groups excluding tert-OH is 3. The molecule has 0 radical (unpaired) electrons. The summed E-state index contributed by atoms with van der Waals surface area (Å²) in [7, 11) is 0.